The van der Waals surface area contributed by atoms with Gasteiger partial charge in [0, 0.05) is 29.2 Å². The SMILES string of the molecule is CC1CCc2c(C(=O)NCCc3ccc(-n4cccn4)cc3)csc2C1. The first-order valence-electron chi connectivity index (χ1n) is 9.17. The summed E-state index contributed by atoms with van der Waals surface area (Å²) < 4.78 is 1.84. The van der Waals surface area contributed by atoms with Crippen LogP contribution in [-0.2, 0) is 19.3 Å². The Labute approximate surface area is 157 Å². The summed E-state index contributed by atoms with van der Waals surface area (Å²) in [5.74, 6) is 0.812. The molecule has 5 heteroatoms. The largest absolute Gasteiger partial charge is 0.352 e. The van der Waals surface area contributed by atoms with Gasteiger partial charge in [0.2, 0.25) is 0 Å². The van der Waals surface area contributed by atoms with E-state index in [4.69, 9.17) is 0 Å². The number of carbonyl (C=O) groups is 1. The van der Waals surface area contributed by atoms with E-state index in [2.05, 4.69) is 41.6 Å². The lowest BCUT2D eigenvalue weighted by Gasteiger charge is -2.18. The van der Waals surface area contributed by atoms with E-state index in [-0.39, 0.29) is 5.91 Å². The van der Waals surface area contributed by atoms with E-state index in [0.29, 0.717) is 6.54 Å². The second kappa shape index (κ2) is 7.46. The molecule has 0 bridgehead atoms. The average Bonchev–Trinajstić information content (AvgIpc) is 3.31. The third kappa shape index (κ3) is 3.58. The molecule has 2 heterocycles. The molecular formula is C21H23N3OS. The molecular weight excluding hydrogens is 342 g/mol. The molecule has 0 saturated carbocycles. The zero-order valence-electron chi connectivity index (χ0n) is 14.9. The van der Waals surface area contributed by atoms with E-state index in [0.717, 1.165) is 36.4 Å². The molecule has 0 radical (unpaired) electrons. The second-order valence-electron chi connectivity index (χ2n) is 7.02. The van der Waals surface area contributed by atoms with Crippen LogP contribution >= 0.6 is 11.3 Å². The molecule has 1 N–H and O–H groups in total. The predicted molar refractivity (Wildman–Crippen MR) is 105 cm³/mol. The highest BCUT2D eigenvalue weighted by molar-refractivity contribution is 7.10. The van der Waals surface area contributed by atoms with Crippen LogP contribution in [0.5, 0.6) is 0 Å². The van der Waals surface area contributed by atoms with Crippen LogP contribution in [0.2, 0.25) is 0 Å². The highest BCUT2D eigenvalue weighted by atomic mass is 32.1. The fourth-order valence-electron chi connectivity index (χ4n) is 3.52. The number of fused-ring (bicyclic) bond motifs is 1. The van der Waals surface area contributed by atoms with E-state index in [1.165, 1.54) is 22.4 Å². The van der Waals surface area contributed by atoms with Crippen LogP contribution < -0.4 is 5.32 Å². The molecule has 0 fully saturated rings. The van der Waals surface area contributed by atoms with Crippen molar-refractivity contribution in [1.29, 1.82) is 0 Å². The number of nitrogens with one attached hydrogen (secondary N) is 1. The molecule has 26 heavy (non-hydrogen) atoms. The van der Waals surface area contributed by atoms with Crippen molar-refractivity contribution in [1.82, 2.24) is 15.1 Å². The van der Waals surface area contributed by atoms with Gasteiger partial charge in [-0.25, -0.2) is 4.68 Å². The number of amides is 1. The van der Waals surface area contributed by atoms with Gasteiger partial charge >= 0.3 is 0 Å². The van der Waals surface area contributed by atoms with Gasteiger partial charge in [-0.05, 0) is 60.9 Å². The lowest BCUT2D eigenvalue weighted by atomic mass is 9.88. The molecule has 1 amide bonds. The van der Waals surface area contributed by atoms with Crippen LogP contribution in [0.1, 0.15) is 39.7 Å². The Morgan fingerprint density at radius 3 is 2.96 bits per heavy atom. The monoisotopic (exact) mass is 365 g/mol. The number of carbonyl (C=O) groups excluding carboxylic acids is 1. The number of benzene rings is 1. The molecule has 134 valence electrons. The standard InChI is InChI=1S/C21H23N3OS/c1-15-3-8-18-19(14-26-20(18)13-15)21(25)22-11-9-16-4-6-17(7-5-16)24-12-2-10-23-24/h2,4-7,10,12,14-15H,3,8-9,11,13H2,1H3,(H,22,25). The highest BCUT2D eigenvalue weighted by Gasteiger charge is 2.22. The summed E-state index contributed by atoms with van der Waals surface area (Å²) in [7, 11) is 0. The van der Waals surface area contributed by atoms with E-state index in [9.17, 15) is 4.79 Å². The van der Waals surface area contributed by atoms with Gasteiger partial charge in [0.25, 0.3) is 5.91 Å². The van der Waals surface area contributed by atoms with Gasteiger partial charge in [-0.1, -0.05) is 19.1 Å². The van der Waals surface area contributed by atoms with Crippen LogP contribution in [0.4, 0.5) is 0 Å². The number of aromatic nitrogens is 2. The molecule has 1 aromatic carbocycles. The third-order valence-corrected chi connectivity index (χ3v) is 6.10. The Balaban J connectivity index is 1.33. The molecule has 1 aliphatic carbocycles. The van der Waals surface area contributed by atoms with E-state index in [1.807, 2.05) is 22.3 Å². The predicted octanol–water partition coefficient (Wildman–Crippen LogP) is 4.03. The van der Waals surface area contributed by atoms with Gasteiger partial charge in [-0.3, -0.25) is 4.79 Å². The van der Waals surface area contributed by atoms with E-state index >= 15 is 0 Å². The minimum Gasteiger partial charge on any atom is -0.352 e. The number of hydrogen-bond acceptors (Lipinski definition) is 3. The Kier molecular flexibility index (Phi) is 4.89. The summed E-state index contributed by atoms with van der Waals surface area (Å²) in [5.41, 5.74) is 4.43. The van der Waals surface area contributed by atoms with Crippen LogP contribution in [0.3, 0.4) is 0 Å². The third-order valence-electron chi connectivity index (χ3n) is 5.05. The molecule has 2 aromatic heterocycles. The van der Waals surface area contributed by atoms with Crippen molar-refractivity contribution < 1.29 is 4.79 Å². The van der Waals surface area contributed by atoms with Crippen LogP contribution in [-0.4, -0.2) is 22.2 Å². The maximum Gasteiger partial charge on any atom is 0.252 e. The summed E-state index contributed by atoms with van der Waals surface area (Å²) in [5, 5.41) is 9.36. The van der Waals surface area contributed by atoms with Crippen molar-refractivity contribution >= 4 is 17.2 Å². The fraction of sp³-hybridized carbons (Fsp3) is 0.333. The summed E-state index contributed by atoms with van der Waals surface area (Å²) in [6.07, 6.45) is 7.87. The second-order valence-corrected chi connectivity index (χ2v) is 7.99. The quantitative estimate of drug-likeness (QED) is 0.742. The van der Waals surface area contributed by atoms with Crippen molar-refractivity contribution in [2.24, 2.45) is 5.92 Å². The normalized spacial score (nSPS) is 16.3. The average molecular weight is 366 g/mol. The summed E-state index contributed by atoms with van der Waals surface area (Å²) >= 11 is 1.75. The number of rotatable bonds is 5. The van der Waals surface area contributed by atoms with Gasteiger partial charge < -0.3 is 5.32 Å². The van der Waals surface area contributed by atoms with E-state index in [1.54, 1.807) is 17.5 Å². The zero-order chi connectivity index (χ0) is 17.9. The minimum absolute atomic E-state index is 0.0743. The molecule has 0 spiro atoms. The zero-order valence-corrected chi connectivity index (χ0v) is 15.8. The molecule has 1 aliphatic rings. The molecule has 1 atom stereocenters. The molecule has 0 saturated heterocycles. The van der Waals surface area contributed by atoms with Crippen LogP contribution in [0.15, 0.2) is 48.1 Å². The first-order valence-corrected chi connectivity index (χ1v) is 10.0. The molecule has 3 aromatic rings. The Bertz CT molecular complexity index is 881. The van der Waals surface area contributed by atoms with Gasteiger partial charge in [0.05, 0.1) is 11.3 Å². The lowest BCUT2D eigenvalue weighted by Crippen LogP contribution is -2.26. The Hall–Kier alpha value is -2.40. The minimum atomic E-state index is 0.0743. The summed E-state index contributed by atoms with van der Waals surface area (Å²) in [4.78, 5) is 13.9. The Morgan fingerprint density at radius 1 is 1.35 bits per heavy atom. The highest BCUT2D eigenvalue weighted by Crippen LogP contribution is 2.32. The Morgan fingerprint density at radius 2 is 2.19 bits per heavy atom. The lowest BCUT2D eigenvalue weighted by molar-refractivity contribution is 0.0953. The van der Waals surface area contributed by atoms with Crippen molar-refractivity contribution in [3.8, 4) is 5.69 Å². The van der Waals surface area contributed by atoms with Gasteiger partial charge in [0.1, 0.15) is 0 Å². The van der Waals surface area contributed by atoms with E-state index < -0.39 is 0 Å². The van der Waals surface area contributed by atoms with Crippen LogP contribution in [0.25, 0.3) is 5.69 Å². The topological polar surface area (TPSA) is 46.9 Å². The molecule has 4 rings (SSSR count). The first kappa shape index (κ1) is 17.0. The van der Waals surface area contributed by atoms with Crippen molar-refractivity contribution in [2.75, 3.05) is 6.54 Å². The first-order chi connectivity index (χ1) is 12.7. The summed E-state index contributed by atoms with van der Waals surface area (Å²) in [6.45, 7) is 2.95. The maximum absolute atomic E-state index is 12.5. The van der Waals surface area contributed by atoms with Crippen molar-refractivity contribution in [3.05, 3.63) is 69.7 Å². The fourth-order valence-corrected chi connectivity index (χ4v) is 4.76. The summed E-state index contributed by atoms with van der Waals surface area (Å²) in [6, 6.07) is 10.2. The smallest absolute Gasteiger partial charge is 0.252 e. The molecule has 1 unspecified atom stereocenters. The number of nitrogens with zero attached hydrogens (tertiary/aromatic N) is 2. The molecule has 4 nitrogen and oxygen atoms in total. The van der Waals surface area contributed by atoms with Gasteiger partial charge in [-0.2, -0.15) is 5.10 Å². The maximum atomic E-state index is 12.5. The van der Waals surface area contributed by atoms with Crippen LogP contribution in [0, 0.1) is 5.92 Å². The van der Waals surface area contributed by atoms with Gasteiger partial charge in [0.15, 0.2) is 0 Å². The van der Waals surface area contributed by atoms with Crippen molar-refractivity contribution in [2.45, 2.75) is 32.6 Å². The molecule has 0 aliphatic heterocycles. The number of hydrogen-bond donors (Lipinski definition) is 1. The van der Waals surface area contributed by atoms with Gasteiger partial charge in [-0.15, -0.1) is 11.3 Å². The number of thiophene rings is 1. The van der Waals surface area contributed by atoms with Crippen molar-refractivity contribution in [3.63, 3.8) is 0 Å².